The highest BCUT2D eigenvalue weighted by molar-refractivity contribution is 5.74. The fourth-order valence-electron chi connectivity index (χ4n) is 6.31. The van der Waals surface area contributed by atoms with Crippen LogP contribution in [0.2, 0.25) is 0 Å². The third-order valence-electron chi connectivity index (χ3n) is 8.82. The highest BCUT2D eigenvalue weighted by Crippen LogP contribution is 2.46. The van der Waals surface area contributed by atoms with Crippen LogP contribution in [0.5, 0.6) is 17.2 Å². The lowest BCUT2D eigenvalue weighted by atomic mass is 9.91. The van der Waals surface area contributed by atoms with Crippen molar-refractivity contribution in [2.24, 2.45) is 0 Å². The molecule has 0 unspecified atom stereocenters. The highest BCUT2D eigenvalue weighted by Gasteiger charge is 2.37. The molecular weight excluding hydrogens is 577 g/mol. The van der Waals surface area contributed by atoms with Crippen LogP contribution in [0.4, 0.5) is 13.2 Å². The van der Waals surface area contributed by atoms with Crippen LogP contribution in [0.25, 0.3) is 11.1 Å². The Hall–Kier alpha value is -3.76. The van der Waals surface area contributed by atoms with Gasteiger partial charge in [-0.05, 0) is 77.9 Å². The summed E-state index contributed by atoms with van der Waals surface area (Å²) in [6.45, 7) is 3.26. The van der Waals surface area contributed by atoms with Crippen molar-refractivity contribution in [3.63, 3.8) is 0 Å². The first-order chi connectivity index (χ1) is 21.0. The molecule has 6 rings (SSSR count). The van der Waals surface area contributed by atoms with E-state index in [1.54, 1.807) is 30.3 Å². The lowest BCUT2D eigenvalue weighted by Gasteiger charge is -2.31. The molecule has 3 aromatic carbocycles. The second-order valence-electron chi connectivity index (χ2n) is 11.8. The van der Waals surface area contributed by atoms with Crippen molar-refractivity contribution in [3.05, 3.63) is 76.3 Å². The Labute approximate surface area is 253 Å². The van der Waals surface area contributed by atoms with E-state index in [2.05, 4.69) is 0 Å². The summed E-state index contributed by atoms with van der Waals surface area (Å²) >= 11 is 0. The third kappa shape index (κ3) is 6.23. The average Bonchev–Trinajstić information content (AvgIpc) is 3.59. The van der Waals surface area contributed by atoms with Gasteiger partial charge in [-0.3, -0.25) is 4.79 Å². The molecule has 0 aromatic heterocycles. The molecule has 10 heteroatoms. The quantitative estimate of drug-likeness (QED) is 0.283. The van der Waals surface area contributed by atoms with E-state index in [9.17, 15) is 23.1 Å². The molecule has 0 bridgehead atoms. The maximum Gasteiger partial charge on any atom is 0.416 e. The van der Waals surface area contributed by atoms with Crippen molar-refractivity contribution in [1.82, 2.24) is 0 Å². The molecule has 44 heavy (non-hydrogen) atoms. The van der Waals surface area contributed by atoms with Crippen molar-refractivity contribution in [3.8, 4) is 28.4 Å². The van der Waals surface area contributed by atoms with Gasteiger partial charge in [0.1, 0.15) is 35.6 Å². The smallest absolute Gasteiger partial charge is 0.416 e. The number of fused-ring (bicyclic) bond motifs is 2. The molecule has 0 radical (unpaired) electrons. The third-order valence-corrected chi connectivity index (χ3v) is 8.82. The molecule has 0 spiro atoms. The van der Waals surface area contributed by atoms with Crippen LogP contribution in [0.15, 0.2) is 48.5 Å². The summed E-state index contributed by atoms with van der Waals surface area (Å²) in [5.74, 6) is 1.19. The van der Waals surface area contributed by atoms with E-state index < -0.39 is 23.4 Å². The van der Waals surface area contributed by atoms with Crippen molar-refractivity contribution in [2.75, 3.05) is 33.5 Å². The Bertz CT molecular complexity index is 1540. The van der Waals surface area contributed by atoms with Crippen molar-refractivity contribution >= 4 is 5.97 Å². The number of hydrogen-bond donors (Lipinski definition) is 1. The molecule has 234 valence electrons. The number of carbonyl (C=O) groups is 1. The molecule has 1 saturated heterocycles. The van der Waals surface area contributed by atoms with Gasteiger partial charge in [-0.15, -0.1) is 0 Å². The van der Waals surface area contributed by atoms with Crippen molar-refractivity contribution in [1.29, 1.82) is 0 Å². The first kappa shape index (κ1) is 30.3. The summed E-state index contributed by atoms with van der Waals surface area (Å²) in [4.78, 5) is 11.8. The summed E-state index contributed by atoms with van der Waals surface area (Å²) in [5, 5.41) is 10.7. The monoisotopic (exact) mass is 612 g/mol. The summed E-state index contributed by atoms with van der Waals surface area (Å²) in [6.07, 6.45) is -2.86. The fraction of sp³-hybridized carbons (Fsp3) is 0.441. The summed E-state index contributed by atoms with van der Waals surface area (Å²) < 4.78 is 70.5. The zero-order chi connectivity index (χ0) is 31.1. The molecule has 1 aliphatic carbocycles. The molecule has 3 aliphatic rings. The number of aryl methyl sites for hydroxylation is 1. The Balaban J connectivity index is 1.25. The normalized spacial score (nSPS) is 20.4. The summed E-state index contributed by atoms with van der Waals surface area (Å²) in [6, 6.07) is 13.1. The maximum atomic E-state index is 14.1. The zero-order valence-electron chi connectivity index (χ0n) is 24.7. The molecule has 1 N–H and O–H groups in total. The Morgan fingerprint density at radius 3 is 2.52 bits per heavy atom. The molecule has 2 atom stereocenters. The van der Waals surface area contributed by atoms with Gasteiger partial charge < -0.3 is 28.8 Å². The van der Waals surface area contributed by atoms with Crippen molar-refractivity contribution in [2.45, 2.75) is 62.8 Å². The Morgan fingerprint density at radius 1 is 1.02 bits per heavy atom. The SMILES string of the molecule is COC(=O)C[C@@H]1COc2cc(O[C@@H]3CCc4c(-c5ccc(OCC6(O)CCOCC6)cc5C)cc(C(F)(F)F)cc43)ccc21. The van der Waals surface area contributed by atoms with E-state index in [-0.39, 0.29) is 24.9 Å². The minimum atomic E-state index is -4.54. The highest BCUT2D eigenvalue weighted by atomic mass is 19.4. The number of benzene rings is 3. The number of carbonyl (C=O) groups excluding carboxylic acids is 1. The minimum absolute atomic E-state index is 0.118. The molecule has 0 saturated carbocycles. The van der Waals surface area contributed by atoms with E-state index in [0.29, 0.717) is 79.4 Å². The first-order valence-corrected chi connectivity index (χ1v) is 14.8. The predicted molar refractivity (Wildman–Crippen MR) is 155 cm³/mol. The molecule has 3 aromatic rings. The van der Waals surface area contributed by atoms with Crippen LogP contribution in [0.3, 0.4) is 0 Å². The van der Waals surface area contributed by atoms with Gasteiger partial charge in [0.2, 0.25) is 0 Å². The predicted octanol–water partition coefficient (Wildman–Crippen LogP) is 6.71. The minimum Gasteiger partial charge on any atom is -0.492 e. The summed E-state index contributed by atoms with van der Waals surface area (Å²) in [5.41, 5.74) is 2.51. The summed E-state index contributed by atoms with van der Waals surface area (Å²) in [7, 11) is 1.34. The molecule has 2 heterocycles. The molecule has 1 fully saturated rings. The van der Waals surface area contributed by atoms with E-state index in [4.69, 9.17) is 23.7 Å². The van der Waals surface area contributed by atoms with Crippen molar-refractivity contribution < 1.29 is 46.8 Å². The molecule has 0 amide bonds. The van der Waals surface area contributed by atoms with Gasteiger partial charge in [0.05, 0.1) is 25.7 Å². The van der Waals surface area contributed by atoms with Crippen LogP contribution < -0.4 is 14.2 Å². The number of aliphatic hydroxyl groups is 1. The van der Waals surface area contributed by atoms with Gasteiger partial charge >= 0.3 is 12.1 Å². The van der Waals surface area contributed by atoms with E-state index >= 15 is 0 Å². The van der Waals surface area contributed by atoms with Crippen LogP contribution in [0.1, 0.15) is 65.5 Å². The van der Waals surface area contributed by atoms with Gasteiger partial charge in [0.25, 0.3) is 0 Å². The average molecular weight is 613 g/mol. The van der Waals surface area contributed by atoms with Crippen LogP contribution >= 0.6 is 0 Å². The maximum absolute atomic E-state index is 14.1. The first-order valence-electron chi connectivity index (χ1n) is 14.8. The lowest BCUT2D eigenvalue weighted by Crippen LogP contribution is -2.41. The van der Waals surface area contributed by atoms with E-state index in [1.807, 2.05) is 13.0 Å². The van der Waals surface area contributed by atoms with Gasteiger partial charge in [0.15, 0.2) is 0 Å². The van der Waals surface area contributed by atoms with Crippen LogP contribution in [-0.2, 0) is 26.9 Å². The number of hydrogen-bond acceptors (Lipinski definition) is 7. The zero-order valence-corrected chi connectivity index (χ0v) is 24.7. The number of rotatable bonds is 8. The molecular formula is C34H35F3O7. The Morgan fingerprint density at radius 2 is 1.80 bits per heavy atom. The number of halogens is 3. The standard InChI is InChI=1S/C34H35F3O7/c1-20-13-23(43-19-33(39)9-11-41-12-10-33)3-5-25(20)28-15-22(34(35,36)37)16-29-27(28)7-8-30(29)44-24-4-6-26-21(14-32(38)40-2)18-42-31(26)17-24/h3-6,13,15-17,21,30,39H,7-12,14,18-19H2,1-2H3/t21-,30-/m1/s1. The largest absolute Gasteiger partial charge is 0.492 e. The van der Waals surface area contributed by atoms with Gasteiger partial charge in [0, 0.05) is 43.6 Å². The Kier molecular flexibility index (Phi) is 8.24. The van der Waals surface area contributed by atoms with Gasteiger partial charge in [-0.25, -0.2) is 0 Å². The van der Waals surface area contributed by atoms with Gasteiger partial charge in [-0.1, -0.05) is 12.1 Å². The number of esters is 1. The van der Waals surface area contributed by atoms with E-state index in [0.717, 1.165) is 16.7 Å². The number of alkyl halides is 3. The van der Waals surface area contributed by atoms with Crippen LogP contribution in [0, 0.1) is 6.92 Å². The second-order valence-corrected chi connectivity index (χ2v) is 11.8. The number of ether oxygens (including phenoxy) is 5. The fourth-order valence-corrected chi connectivity index (χ4v) is 6.31. The lowest BCUT2D eigenvalue weighted by molar-refractivity contribution is -0.141. The topological polar surface area (TPSA) is 83.5 Å². The molecule has 2 aliphatic heterocycles. The molecule has 7 nitrogen and oxygen atoms in total. The number of methoxy groups -OCH3 is 1. The second kappa shape index (κ2) is 12.0. The van der Waals surface area contributed by atoms with Gasteiger partial charge in [-0.2, -0.15) is 13.2 Å². The van der Waals surface area contributed by atoms with Crippen LogP contribution in [-0.4, -0.2) is 50.2 Å². The van der Waals surface area contributed by atoms with E-state index in [1.165, 1.54) is 19.2 Å².